The van der Waals surface area contributed by atoms with Gasteiger partial charge < -0.3 is 15.7 Å². The lowest BCUT2D eigenvalue weighted by atomic mass is 9.89. The second-order valence-electron chi connectivity index (χ2n) is 4.26. The lowest BCUT2D eigenvalue weighted by Crippen LogP contribution is -2.43. The van der Waals surface area contributed by atoms with Gasteiger partial charge in [0.05, 0.1) is 11.5 Å². The number of amides is 1. The molecule has 82 valence electrons. The van der Waals surface area contributed by atoms with Gasteiger partial charge >= 0.3 is 0 Å². The molecule has 14 heavy (non-hydrogen) atoms. The number of hydrogen-bond donors (Lipinski definition) is 3. The van der Waals surface area contributed by atoms with Crippen LogP contribution < -0.4 is 10.6 Å². The van der Waals surface area contributed by atoms with Crippen LogP contribution in [0.3, 0.4) is 0 Å². The summed E-state index contributed by atoms with van der Waals surface area (Å²) in [6, 6.07) is 0. The Morgan fingerprint density at radius 3 is 2.93 bits per heavy atom. The smallest absolute Gasteiger partial charge is 0.227 e. The molecule has 2 atom stereocenters. The van der Waals surface area contributed by atoms with Crippen molar-refractivity contribution < 1.29 is 9.90 Å². The topological polar surface area (TPSA) is 61.4 Å². The number of hydrogen-bond acceptors (Lipinski definition) is 3. The van der Waals surface area contributed by atoms with Gasteiger partial charge in [0.1, 0.15) is 0 Å². The Kier molecular flexibility index (Phi) is 3.89. The Bertz CT molecular complexity index is 200. The summed E-state index contributed by atoms with van der Waals surface area (Å²) in [5.41, 5.74) is -0.284. The molecule has 3 N–H and O–H groups in total. The third kappa shape index (κ3) is 2.69. The van der Waals surface area contributed by atoms with Gasteiger partial charge in [-0.25, -0.2) is 0 Å². The van der Waals surface area contributed by atoms with Gasteiger partial charge in [-0.05, 0) is 26.3 Å². The Labute approximate surface area is 85.1 Å². The second kappa shape index (κ2) is 4.75. The van der Waals surface area contributed by atoms with Crippen molar-refractivity contribution in [2.45, 2.75) is 32.8 Å². The van der Waals surface area contributed by atoms with Gasteiger partial charge in [0.15, 0.2) is 0 Å². The number of aliphatic hydroxyl groups is 1. The summed E-state index contributed by atoms with van der Waals surface area (Å²) < 4.78 is 0. The summed E-state index contributed by atoms with van der Waals surface area (Å²) in [6.07, 6.45) is 1.13. The zero-order chi connectivity index (χ0) is 10.6. The van der Waals surface area contributed by atoms with Crippen LogP contribution in [0.2, 0.25) is 0 Å². The average Bonchev–Trinajstić information content (AvgIpc) is 2.62. The Hall–Kier alpha value is -0.610. The van der Waals surface area contributed by atoms with Gasteiger partial charge in [0, 0.05) is 13.1 Å². The van der Waals surface area contributed by atoms with Crippen LogP contribution in [-0.2, 0) is 4.79 Å². The van der Waals surface area contributed by atoms with Crippen molar-refractivity contribution in [2.75, 3.05) is 19.6 Å². The summed E-state index contributed by atoms with van der Waals surface area (Å²) in [5, 5.41) is 15.3. The third-order valence-electron chi connectivity index (χ3n) is 2.89. The Balaban J connectivity index is 2.34. The lowest BCUT2D eigenvalue weighted by molar-refractivity contribution is -0.129. The summed E-state index contributed by atoms with van der Waals surface area (Å²) in [7, 11) is 0. The first-order valence-corrected chi connectivity index (χ1v) is 5.25. The number of aliphatic hydroxyl groups excluding tert-OH is 1. The highest BCUT2D eigenvalue weighted by Gasteiger charge is 2.35. The molecule has 2 unspecified atom stereocenters. The predicted molar refractivity (Wildman–Crippen MR) is 54.9 cm³/mol. The van der Waals surface area contributed by atoms with Crippen LogP contribution in [0, 0.1) is 5.41 Å². The highest BCUT2D eigenvalue weighted by molar-refractivity contribution is 5.82. The second-order valence-corrected chi connectivity index (χ2v) is 4.26. The zero-order valence-electron chi connectivity index (χ0n) is 8.97. The van der Waals surface area contributed by atoms with Gasteiger partial charge in [-0.3, -0.25) is 4.79 Å². The minimum absolute atomic E-state index is 0.0509. The molecule has 1 rings (SSSR count). The molecule has 1 aliphatic rings. The van der Waals surface area contributed by atoms with E-state index in [-0.39, 0.29) is 11.3 Å². The van der Waals surface area contributed by atoms with E-state index in [1.165, 1.54) is 0 Å². The van der Waals surface area contributed by atoms with Gasteiger partial charge in [-0.15, -0.1) is 0 Å². The molecule has 0 aromatic rings. The zero-order valence-corrected chi connectivity index (χ0v) is 8.97. The standard InChI is InChI=1S/C10H20N2O2/c1-3-8(13)6-12-9(14)10(2)4-5-11-7-10/h8,11,13H,3-7H2,1-2H3,(H,12,14). The van der Waals surface area contributed by atoms with E-state index in [0.717, 1.165) is 19.5 Å². The molecule has 0 bridgehead atoms. The molecular weight excluding hydrogens is 180 g/mol. The molecule has 1 saturated heterocycles. The van der Waals surface area contributed by atoms with Crippen LogP contribution in [0.4, 0.5) is 0 Å². The summed E-state index contributed by atoms with van der Waals surface area (Å²) in [6.45, 7) is 5.86. The molecule has 0 aromatic heterocycles. The maximum Gasteiger partial charge on any atom is 0.227 e. The predicted octanol–water partition coefficient (Wildman–Crippen LogP) is -0.127. The highest BCUT2D eigenvalue weighted by atomic mass is 16.3. The van der Waals surface area contributed by atoms with Crippen LogP contribution >= 0.6 is 0 Å². The first-order valence-electron chi connectivity index (χ1n) is 5.25. The molecule has 4 nitrogen and oxygen atoms in total. The van der Waals surface area contributed by atoms with Crippen molar-refractivity contribution in [1.29, 1.82) is 0 Å². The van der Waals surface area contributed by atoms with Crippen molar-refractivity contribution >= 4 is 5.91 Å². The normalized spacial score (nSPS) is 28.8. The van der Waals surface area contributed by atoms with Gasteiger partial charge in [-0.1, -0.05) is 6.92 Å². The minimum Gasteiger partial charge on any atom is -0.391 e. The molecule has 1 fully saturated rings. The molecular formula is C10H20N2O2. The van der Waals surface area contributed by atoms with Crippen LogP contribution in [0.15, 0.2) is 0 Å². The van der Waals surface area contributed by atoms with Gasteiger partial charge in [0.2, 0.25) is 5.91 Å². The first kappa shape index (κ1) is 11.5. The lowest BCUT2D eigenvalue weighted by Gasteiger charge is -2.22. The van der Waals surface area contributed by atoms with Gasteiger partial charge in [0.25, 0.3) is 0 Å². The van der Waals surface area contributed by atoms with Crippen LogP contribution in [0.5, 0.6) is 0 Å². The van der Waals surface area contributed by atoms with Gasteiger partial charge in [-0.2, -0.15) is 0 Å². The molecule has 1 aliphatic heterocycles. The maximum atomic E-state index is 11.7. The quantitative estimate of drug-likeness (QED) is 0.592. The van der Waals surface area contributed by atoms with Crippen molar-refractivity contribution in [3.63, 3.8) is 0 Å². The fourth-order valence-electron chi connectivity index (χ4n) is 1.58. The van der Waals surface area contributed by atoms with Crippen molar-refractivity contribution in [3.8, 4) is 0 Å². The Morgan fingerprint density at radius 1 is 1.71 bits per heavy atom. The van der Waals surface area contributed by atoms with Crippen LogP contribution in [0.1, 0.15) is 26.7 Å². The molecule has 0 saturated carbocycles. The number of nitrogens with one attached hydrogen (secondary N) is 2. The van der Waals surface area contributed by atoms with Crippen molar-refractivity contribution in [1.82, 2.24) is 10.6 Å². The van der Waals surface area contributed by atoms with E-state index in [2.05, 4.69) is 10.6 Å². The van der Waals surface area contributed by atoms with E-state index in [0.29, 0.717) is 13.0 Å². The molecule has 0 radical (unpaired) electrons. The Morgan fingerprint density at radius 2 is 2.43 bits per heavy atom. The third-order valence-corrected chi connectivity index (χ3v) is 2.89. The molecule has 1 heterocycles. The maximum absolute atomic E-state index is 11.7. The SMILES string of the molecule is CCC(O)CNC(=O)C1(C)CCNC1. The number of rotatable bonds is 4. The number of carbonyl (C=O) groups excluding carboxylic acids is 1. The largest absolute Gasteiger partial charge is 0.391 e. The van der Waals surface area contributed by atoms with E-state index in [1.807, 2.05) is 13.8 Å². The van der Waals surface area contributed by atoms with Crippen LogP contribution in [0.25, 0.3) is 0 Å². The van der Waals surface area contributed by atoms with Crippen molar-refractivity contribution in [3.05, 3.63) is 0 Å². The van der Waals surface area contributed by atoms with E-state index >= 15 is 0 Å². The first-order chi connectivity index (χ1) is 6.58. The fraction of sp³-hybridized carbons (Fsp3) is 0.900. The van der Waals surface area contributed by atoms with Crippen LogP contribution in [-0.4, -0.2) is 36.8 Å². The van der Waals surface area contributed by atoms with E-state index in [9.17, 15) is 9.90 Å². The van der Waals surface area contributed by atoms with E-state index in [4.69, 9.17) is 0 Å². The number of carbonyl (C=O) groups is 1. The van der Waals surface area contributed by atoms with E-state index < -0.39 is 6.10 Å². The molecule has 1 amide bonds. The minimum atomic E-state index is -0.420. The molecule has 0 aliphatic carbocycles. The fourth-order valence-corrected chi connectivity index (χ4v) is 1.58. The molecule has 0 spiro atoms. The monoisotopic (exact) mass is 200 g/mol. The summed E-state index contributed by atoms with van der Waals surface area (Å²) in [4.78, 5) is 11.7. The molecule has 4 heteroatoms. The summed E-state index contributed by atoms with van der Waals surface area (Å²) in [5.74, 6) is 0.0509. The summed E-state index contributed by atoms with van der Waals surface area (Å²) >= 11 is 0. The van der Waals surface area contributed by atoms with Crippen molar-refractivity contribution in [2.24, 2.45) is 5.41 Å². The highest BCUT2D eigenvalue weighted by Crippen LogP contribution is 2.24. The van der Waals surface area contributed by atoms with E-state index in [1.54, 1.807) is 0 Å². The molecule has 0 aromatic carbocycles. The average molecular weight is 200 g/mol.